The van der Waals surface area contributed by atoms with Crippen molar-refractivity contribution >= 4 is 61.8 Å². The molecule has 0 saturated heterocycles. The minimum absolute atomic E-state index is 0.0358. The molecule has 0 atom stereocenters. The third kappa shape index (κ3) is 3.61. The Morgan fingerprint density at radius 3 is 1.70 bits per heavy atom. The Hall–Kier alpha value is -1.70. The molecule has 0 radical (unpaired) electrons. The van der Waals surface area contributed by atoms with Crippen LogP contribution in [0.3, 0.4) is 0 Å². The highest BCUT2D eigenvalue weighted by Crippen LogP contribution is 2.48. The average Bonchev–Trinajstić information content (AvgIpc) is 3.46. The van der Waals surface area contributed by atoms with Crippen molar-refractivity contribution in [1.29, 1.82) is 0 Å². The van der Waals surface area contributed by atoms with Crippen LogP contribution in [0, 0.1) is 6.92 Å². The van der Waals surface area contributed by atoms with E-state index in [1.54, 1.807) is 22.7 Å². The van der Waals surface area contributed by atoms with Gasteiger partial charge < -0.3 is 9.80 Å². The molecule has 2 aromatic heterocycles. The number of amides is 2. The molecule has 0 bridgehead atoms. The van der Waals surface area contributed by atoms with E-state index < -0.39 is 0 Å². The molecule has 2 amide bonds. The molecule has 2 aliphatic heterocycles. The first-order valence-electron chi connectivity index (χ1n) is 10.4. The summed E-state index contributed by atoms with van der Waals surface area (Å²) in [5.41, 5.74) is 2.77. The predicted molar refractivity (Wildman–Crippen MR) is 128 cm³/mol. The molecule has 0 N–H and O–H groups in total. The fraction of sp³-hybridized carbons (Fsp3) is 0.391. The van der Waals surface area contributed by atoms with Crippen LogP contribution in [0.15, 0.2) is 39.2 Å². The van der Waals surface area contributed by atoms with Crippen LogP contribution in [0.4, 0.5) is 0 Å². The molecule has 158 valence electrons. The standard InChI is InChI=1S/C23H25BrN2O2S2/c1-4-6-12-25-20(15-9-8-14(3)29-15)18-19(23(25)28)21(16-10-11-17(24)30-16)26(22(18)27)13-7-5-2/h8-11H,4-7,12-13H2,1-3H3. The lowest BCUT2D eigenvalue weighted by Gasteiger charge is -2.24. The lowest BCUT2D eigenvalue weighted by molar-refractivity contribution is -0.124. The summed E-state index contributed by atoms with van der Waals surface area (Å²) < 4.78 is 0.994. The van der Waals surface area contributed by atoms with Gasteiger partial charge in [0.15, 0.2) is 0 Å². The van der Waals surface area contributed by atoms with Crippen molar-refractivity contribution in [1.82, 2.24) is 9.80 Å². The fourth-order valence-corrected chi connectivity index (χ4v) is 6.35. The highest BCUT2D eigenvalue weighted by Gasteiger charge is 2.49. The Labute approximate surface area is 194 Å². The van der Waals surface area contributed by atoms with Crippen LogP contribution in [0.1, 0.15) is 54.2 Å². The van der Waals surface area contributed by atoms with E-state index in [2.05, 4.69) is 42.8 Å². The van der Waals surface area contributed by atoms with Crippen LogP contribution in [0.5, 0.6) is 0 Å². The number of hydrogen-bond donors (Lipinski definition) is 0. The van der Waals surface area contributed by atoms with Gasteiger partial charge in [0.2, 0.25) is 0 Å². The Morgan fingerprint density at radius 1 is 0.800 bits per heavy atom. The van der Waals surface area contributed by atoms with Gasteiger partial charge in [0.25, 0.3) is 11.8 Å². The number of halogens is 1. The second-order valence-electron chi connectivity index (χ2n) is 7.58. The van der Waals surface area contributed by atoms with Crippen LogP contribution in [-0.2, 0) is 9.59 Å². The summed E-state index contributed by atoms with van der Waals surface area (Å²) in [5, 5.41) is 0. The van der Waals surface area contributed by atoms with E-state index in [1.807, 2.05) is 28.0 Å². The zero-order valence-corrected chi connectivity index (χ0v) is 20.7. The molecule has 0 spiro atoms. The minimum atomic E-state index is -0.0358. The van der Waals surface area contributed by atoms with Crippen molar-refractivity contribution in [2.24, 2.45) is 0 Å². The summed E-state index contributed by atoms with van der Waals surface area (Å²) >= 11 is 6.75. The molecule has 30 heavy (non-hydrogen) atoms. The number of nitrogens with zero attached hydrogens (tertiary/aromatic N) is 2. The van der Waals surface area contributed by atoms with Gasteiger partial charge in [0.1, 0.15) is 0 Å². The summed E-state index contributed by atoms with van der Waals surface area (Å²) in [6.45, 7) is 7.56. The molecular weight excluding hydrogens is 480 g/mol. The maximum absolute atomic E-state index is 13.7. The number of unbranched alkanes of at least 4 members (excludes halogenated alkanes) is 2. The Morgan fingerprint density at radius 2 is 1.30 bits per heavy atom. The zero-order valence-electron chi connectivity index (χ0n) is 17.5. The molecule has 2 aromatic rings. The van der Waals surface area contributed by atoms with E-state index in [-0.39, 0.29) is 11.8 Å². The number of hydrogen-bond acceptors (Lipinski definition) is 4. The van der Waals surface area contributed by atoms with Gasteiger partial charge >= 0.3 is 0 Å². The monoisotopic (exact) mass is 504 g/mol. The first-order chi connectivity index (χ1) is 14.5. The van der Waals surface area contributed by atoms with Gasteiger partial charge in [0.05, 0.1) is 36.1 Å². The van der Waals surface area contributed by atoms with Crippen LogP contribution in [-0.4, -0.2) is 34.7 Å². The van der Waals surface area contributed by atoms with E-state index in [4.69, 9.17) is 0 Å². The Bertz CT molecular complexity index is 979. The number of rotatable bonds is 8. The van der Waals surface area contributed by atoms with E-state index >= 15 is 0 Å². The molecule has 0 fully saturated rings. The molecule has 0 aromatic carbocycles. The molecule has 0 saturated carbocycles. The summed E-state index contributed by atoms with van der Waals surface area (Å²) in [6.07, 6.45) is 3.81. The summed E-state index contributed by atoms with van der Waals surface area (Å²) in [5.74, 6) is -0.0715. The van der Waals surface area contributed by atoms with Gasteiger partial charge in [-0.3, -0.25) is 9.59 Å². The maximum Gasteiger partial charge on any atom is 0.261 e. The second kappa shape index (κ2) is 8.81. The molecule has 0 unspecified atom stereocenters. The largest absolute Gasteiger partial charge is 0.306 e. The molecule has 7 heteroatoms. The van der Waals surface area contributed by atoms with Crippen LogP contribution < -0.4 is 0 Å². The van der Waals surface area contributed by atoms with E-state index in [0.29, 0.717) is 24.2 Å². The zero-order chi connectivity index (χ0) is 21.4. The summed E-state index contributed by atoms with van der Waals surface area (Å²) in [7, 11) is 0. The number of fused-ring (bicyclic) bond motifs is 1. The van der Waals surface area contributed by atoms with E-state index in [0.717, 1.165) is 50.6 Å². The quantitative estimate of drug-likeness (QED) is 0.423. The van der Waals surface area contributed by atoms with Crippen LogP contribution in [0.2, 0.25) is 0 Å². The lowest BCUT2D eigenvalue weighted by Crippen LogP contribution is -2.30. The van der Waals surface area contributed by atoms with Crippen molar-refractivity contribution in [3.63, 3.8) is 0 Å². The van der Waals surface area contributed by atoms with Gasteiger partial charge in [-0.1, -0.05) is 26.7 Å². The van der Waals surface area contributed by atoms with Crippen LogP contribution in [0.25, 0.3) is 11.4 Å². The predicted octanol–water partition coefficient (Wildman–Crippen LogP) is 6.29. The number of carbonyl (C=O) groups excluding carboxylic acids is 2. The highest BCUT2D eigenvalue weighted by molar-refractivity contribution is 9.11. The van der Waals surface area contributed by atoms with Crippen LogP contribution >= 0.6 is 38.6 Å². The summed E-state index contributed by atoms with van der Waals surface area (Å²) in [4.78, 5) is 34.2. The first-order valence-corrected chi connectivity index (χ1v) is 12.9. The molecule has 4 nitrogen and oxygen atoms in total. The average molecular weight is 506 g/mol. The molecule has 4 rings (SSSR count). The maximum atomic E-state index is 13.7. The van der Waals surface area contributed by atoms with Crippen molar-refractivity contribution in [3.8, 4) is 0 Å². The molecular formula is C23H25BrN2O2S2. The fourth-order valence-electron chi connectivity index (χ4n) is 3.97. The third-order valence-electron chi connectivity index (χ3n) is 5.43. The van der Waals surface area contributed by atoms with E-state index in [9.17, 15) is 9.59 Å². The molecule has 4 heterocycles. The number of aryl methyl sites for hydroxylation is 1. The van der Waals surface area contributed by atoms with Crippen molar-refractivity contribution < 1.29 is 9.59 Å². The van der Waals surface area contributed by atoms with Gasteiger partial charge in [-0.15, -0.1) is 22.7 Å². The van der Waals surface area contributed by atoms with Crippen molar-refractivity contribution in [3.05, 3.63) is 53.8 Å². The van der Waals surface area contributed by atoms with Crippen molar-refractivity contribution in [2.45, 2.75) is 46.5 Å². The second-order valence-corrected chi connectivity index (χ2v) is 11.3. The summed E-state index contributed by atoms with van der Waals surface area (Å²) in [6, 6.07) is 8.09. The SMILES string of the molecule is CCCCN1C(=O)C2=C(c3ccc(Br)s3)N(CCCC)C(=O)C2=C1c1ccc(C)s1. The minimum Gasteiger partial charge on any atom is -0.306 e. The van der Waals surface area contributed by atoms with Crippen molar-refractivity contribution in [2.75, 3.05) is 13.1 Å². The van der Waals surface area contributed by atoms with Gasteiger partial charge in [-0.2, -0.15) is 0 Å². The molecule has 0 aliphatic carbocycles. The number of carbonyl (C=O) groups is 2. The highest BCUT2D eigenvalue weighted by atomic mass is 79.9. The van der Waals surface area contributed by atoms with Gasteiger partial charge in [-0.05, 0) is 60.0 Å². The number of thiophene rings is 2. The molecule has 2 aliphatic rings. The van der Waals surface area contributed by atoms with Gasteiger partial charge in [0, 0.05) is 18.0 Å². The smallest absolute Gasteiger partial charge is 0.261 e. The Balaban J connectivity index is 1.93. The lowest BCUT2D eigenvalue weighted by atomic mass is 10.1. The Kier molecular flexibility index (Phi) is 6.32. The van der Waals surface area contributed by atoms with E-state index in [1.165, 1.54) is 4.88 Å². The first kappa shape index (κ1) is 21.5. The van der Waals surface area contributed by atoms with Gasteiger partial charge in [-0.25, -0.2) is 0 Å². The third-order valence-corrected chi connectivity index (χ3v) is 8.07. The topological polar surface area (TPSA) is 40.6 Å². The normalized spacial score (nSPS) is 16.5.